The Kier molecular flexibility index (Phi) is 9.05. The van der Waals surface area contributed by atoms with Crippen molar-refractivity contribution in [3.63, 3.8) is 0 Å². The van der Waals surface area contributed by atoms with Gasteiger partial charge in [-0.2, -0.15) is 0 Å². The van der Waals surface area contributed by atoms with E-state index in [1.54, 1.807) is 13.3 Å². The van der Waals surface area contributed by atoms with Gasteiger partial charge in [0.05, 0.1) is 25.2 Å². The second-order valence-corrected chi connectivity index (χ2v) is 5.93. The molecule has 138 valence electrons. The molecule has 0 aliphatic rings. The second-order valence-electron chi connectivity index (χ2n) is 5.50. The van der Waals surface area contributed by atoms with E-state index in [0.717, 1.165) is 35.3 Å². The van der Waals surface area contributed by atoms with Crippen LogP contribution in [0.5, 0.6) is 5.88 Å². The Morgan fingerprint density at radius 3 is 2.72 bits per heavy atom. The van der Waals surface area contributed by atoms with Gasteiger partial charge in [0.2, 0.25) is 5.88 Å². The third-order valence-electron chi connectivity index (χ3n) is 3.59. The van der Waals surface area contributed by atoms with Gasteiger partial charge in [0, 0.05) is 44.8 Å². The van der Waals surface area contributed by atoms with Gasteiger partial charge in [-0.3, -0.25) is 0 Å². The molecule has 2 aromatic rings. The number of hydrogen-bond donors (Lipinski definition) is 1. The van der Waals surface area contributed by atoms with E-state index in [-0.39, 0.29) is 24.0 Å². The lowest BCUT2D eigenvalue weighted by Gasteiger charge is -2.22. The molecule has 0 unspecified atom stereocenters. The van der Waals surface area contributed by atoms with Gasteiger partial charge in [0.25, 0.3) is 0 Å². The van der Waals surface area contributed by atoms with Crippen molar-refractivity contribution in [2.75, 3.05) is 20.7 Å². The number of methoxy groups -OCH3 is 1. The molecule has 0 aliphatic carbocycles. The summed E-state index contributed by atoms with van der Waals surface area (Å²) in [5.74, 6) is 1.44. The fourth-order valence-corrected chi connectivity index (χ4v) is 2.57. The number of aryl methyl sites for hydroxylation is 1. The first-order valence-corrected chi connectivity index (χ1v) is 8.20. The number of aromatic nitrogens is 2. The van der Waals surface area contributed by atoms with Crippen LogP contribution in [-0.4, -0.2) is 41.1 Å². The van der Waals surface area contributed by atoms with Crippen LogP contribution in [0.1, 0.15) is 18.2 Å². The van der Waals surface area contributed by atoms with Gasteiger partial charge < -0.3 is 19.5 Å². The summed E-state index contributed by atoms with van der Waals surface area (Å²) in [5, 5.41) is 4.05. The molecule has 0 radical (unpaired) electrons. The molecule has 0 spiro atoms. The van der Waals surface area contributed by atoms with Crippen molar-refractivity contribution in [2.45, 2.75) is 20.0 Å². The van der Waals surface area contributed by atoms with Crippen LogP contribution in [-0.2, 0) is 20.1 Å². The van der Waals surface area contributed by atoms with Gasteiger partial charge in [0.15, 0.2) is 5.96 Å². The van der Waals surface area contributed by atoms with E-state index in [1.807, 2.05) is 43.1 Å². The minimum absolute atomic E-state index is 0. The van der Waals surface area contributed by atoms with Crippen molar-refractivity contribution in [1.29, 1.82) is 0 Å². The zero-order valence-electron chi connectivity index (χ0n) is 15.0. The molecule has 2 heterocycles. The van der Waals surface area contributed by atoms with Crippen LogP contribution in [0.15, 0.2) is 35.6 Å². The predicted octanol–water partition coefficient (Wildman–Crippen LogP) is 3.30. The quantitative estimate of drug-likeness (QED) is 0.394. The van der Waals surface area contributed by atoms with Crippen LogP contribution < -0.4 is 10.1 Å². The molecule has 25 heavy (non-hydrogen) atoms. The summed E-state index contributed by atoms with van der Waals surface area (Å²) in [7, 11) is 5.60. The van der Waals surface area contributed by atoms with E-state index in [2.05, 4.69) is 27.1 Å². The second kappa shape index (κ2) is 10.5. The molecule has 1 N–H and O–H groups in total. The highest BCUT2D eigenvalue weighted by molar-refractivity contribution is 14.0. The Morgan fingerprint density at radius 1 is 1.44 bits per heavy atom. The first-order valence-electron chi connectivity index (χ1n) is 7.82. The highest BCUT2D eigenvalue weighted by Gasteiger charge is 2.09. The number of pyridine rings is 1. The molecule has 2 rings (SSSR count). The van der Waals surface area contributed by atoms with Gasteiger partial charge in [-0.25, -0.2) is 9.98 Å². The Morgan fingerprint density at radius 2 is 2.20 bits per heavy atom. The van der Waals surface area contributed by atoms with Crippen LogP contribution >= 0.6 is 35.6 Å². The summed E-state index contributed by atoms with van der Waals surface area (Å²) in [4.78, 5) is 11.0. The maximum Gasteiger partial charge on any atom is 0.212 e. The van der Waals surface area contributed by atoms with E-state index in [1.165, 1.54) is 0 Å². The fourth-order valence-electron chi connectivity index (χ4n) is 2.30. The van der Waals surface area contributed by atoms with Gasteiger partial charge in [-0.05, 0) is 18.6 Å². The Bertz CT molecular complexity index is 687. The standard InChI is InChI=1S/C17H24ClN5O.HI/c1-5-19-17(21-10-13-6-7-16(24-4)20-9-13)23(3)12-15-8-14(18)11-22(15)2;/h6-9,11H,5,10,12H2,1-4H3,(H,19,21);1H. The largest absolute Gasteiger partial charge is 0.481 e. The summed E-state index contributed by atoms with van der Waals surface area (Å²) in [6.45, 7) is 4.13. The van der Waals surface area contributed by atoms with E-state index in [9.17, 15) is 0 Å². The summed E-state index contributed by atoms with van der Waals surface area (Å²) in [5.41, 5.74) is 2.15. The number of guanidine groups is 1. The van der Waals surface area contributed by atoms with Crippen molar-refractivity contribution in [3.8, 4) is 5.88 Å². The van der Waals surface area contributed by atoms with Crippen LogP contribution in [0.25, 0.3) is 0 Å². The molecule has 0 saturated carbocycles. The lowest BCUT2D eigenvalue weighted by molar-refractivity contribution is 0.397. The minimum atomic E-state index is 0. The highest BCUT2D eigenvalue weighted by Crippen LogP contribution is 2.14. The van der Waals surface area contributed by atoms with Gasteiger partial charge in [0.1, 0.15) is 0 Å². The number of nitrogens with zero attached hydrogens (tertiary/aromatic N) is 4. The van der Waals surface area contributed by atoms with E-state index in [0.29, 0.717) is 12.4 Å². The normalized spacial score (nSPS) is 11.0. The summed E-state index contributed by atoms with van der Waals surface area (Å²) in [6, 6.07) is 5.78. The van der Waals surface area contributed by atoms with Crippen molar-refractivity contribution < 1.29 is 4.74 Å². The lowest BCUT2D eigenvalue weighted by Crippen LogP contribution is -2.38. The number of hydrogen-bond acceptors (Lipinski definition) is 3. The highest BCUT2D eigenvalue weighted by atomic mass is 127. The number of rotatable bonds is 6. The number of aliphatic imine (C=N–C) groups is 1. The van der Waals surface area contributed by atoms with Gasteiger partial charge in [-0.15, -0.1) is 24.0 Å². The van der Waals surface area contributed by atoms with E-state index < -0.39 is 0 Å². The third kappa shape index (κ3) is 6.39. The van der Waals surface area contributed by atoms with E-state index in [4.69, 9.17) is 16.3 Å². The molecular formula is C17H25ClIN5O. The molecule has 0 fully saturated rings. The SMILES string of the molecule is CCNC(=NCc1ccc(OC)nc1)N(C)Cc1cc(Cl)cn1C.I. The van der Waals surface area contributed by atoms with Gasteiger partial charge >= 0.3 is 0 Å². The Labute approximate surface area is 171 Å². The van der Waals surface area contributed by atoms with Crippen LogP contribution in [0, 0.1) is 0 Å². The molecule has 0 aromatic carbocycles. The first kappa shape index (κ1) is 21.6. The molecule has 6 nitrogen and oxygen atoms in total. The summed E-state index contributed by atoms with van der Waals surface area (Å²) < 4.78 is 7.09. The number of ether oxygens (including phenoxy) is 1. The minimum Gasteiger partial charge on any atom is -0.481 e. The molecule has 0 bridgehead atoms. The molecule has 0 atom stereocenters. The average molecular weight is 478 g/mol. The summed E-state index contributed by atoms with van der Waals surface area (Å²) >= 11 is 6.05. The molecule has 0 saturated heterocycles. The predicted molar refractivity (Wildman–Crippen MR) is 113 cm³/mol. The molecule has 8 heteroatoms. The van der Waals surface area contributed by atoms with E-state index >= 15 is 0 Å². The average Bonchev–Trinajstić information content (AvgIpc) is 2.89. The van der Waals surface area contributed by atoms with Crippen LogP contribution in [0.2, 0.25) is 5.02 Å². The molecule has 0 amide bonds. The zero-order chi connectivity index (χ0) is 17.5. The maximum atomic E-state index is 6.05. The maximum absolute atomic E-state index is 6.05. The third-order valence-corrected chi connectivity index (χ3v) is 3.79. The van der Waals surface area contributed by atoms with Crippen molar-refractivity contribution >= 4 is 41.5 Å². The van der Waals surface area contributed by atoms with Crippen LogP contribution in [0.4, 0.5) is 0 Å². The summed E-state index contributed by atoms with van der Waals surface area (Å²) in [6.07, 6.45) is 3.68. The number of nitrogens with one attached hydrogen (secondary N) is 1. The Hall–Kier alpha value is -1.48. The van der Waals surface area contributed by atoms with Crippen molar-refractivity contribution in [2.24, 2.45) is 12.0 Å². The van der Waals surface area contributed by atoms with Gasteiger partial charge in [-0.1, -0.05) is 17.7 Å². The lowest BCUT2D eigenvalue weighted by atomic mass is 10.3. The smallest absolute Gasteiger partial charge is 0.212 e. The van der Waals surface area contributed by atoms with Crippen molar-refractivity contribution in [3.05, 3.63) is 46.9 Å². The first-order chi connectivity index (χ1) is 11.5. The van der Waals surface area contributed by atoms with Crippen molar-refractivity contribution in [1.82, 2.24) is 19.8 Å². The molecular weight excluding hydrogens is 453 g/mol. The monoisotopic (exact) mass is 477 g/mol. The zero-order valence-corrected chi connectivity index (χ0v) is 18.1. The topological polar surface area (TPSA) is 54.7 Å². The Balaban J connectivity index is 0.00000312. The molecule has 0 aliphatic heterocycles. The fraction of sp³-hybridized carbons (Fsp3) is 0.412. The van der Waals surface area contributed by atoms with Crippen LogP contribution in [0.3, 0.4) is 0 Å². The number of halogens is 2. The molecule has 2 aromatic heterocycles.